The monoisotopic (exact) mass is 394 g/mol. The van der Waals surface area contributed by atoms with Crippen LogP contribution in [0.3, 0.4) is 0 Å². The SMILES string of the molecule is CC(=O)OC(C)(c1ccc(Cl)cc1)C(C)(OC(C)=O)c1ccc(Cl)cc1. The van der Waals surface area contributed by atoms with Crippen molar-refractivity contribution in [1.29, 1.82) is 0 Å². The summed E-state index contributed by atoms with van der Waals surface area (Å²) in [5, 5.41) is 1.08. The molecule has 0 aliphatic heterocycles. The number of rotatable bonds is 5. The van der Waals surface area contributed by atoms with E-state index in [4.69, 9.17) is 32.7 Å². The minimum absolute atomic E-state index is 0.505. The Morgan fingerprint density at radius 2 is 0.962 bits per heavy atom. The summed E-state index contributed by atoms with van der Waals surface area (Å²) in [6.07, 6.45) is 0. The molecule has 0 aliphatic rings. The highest BCUT2D eigenvalue weighted by Crippen LogP contribution is 2.46. The Hall–Kier alpha value is -2.04. The molecule has 0 fully saturated rings. The largest absolute Gasteiger partial charge is 0.450 e. The zero-order chi connectivity index (χ0) is 19.5. The Kier molecular flexibility index (Phi) is 5.99. The Morgan fingerprint density at radius 1 is 0.692 bits per heavy atom. The van der Waals surface area contributed by atoms with E-state index in [1.807, 2.05) is 0 Å². The van der Waals surface area contributed by atoms with Crippen LogP contribution in [0.15, 0.2) is 48.5 Å². The topological polar surface area (TPSA) is 52.6 Å². The van der Waals surface area contributed by atoms with Crippen LogP contribution in [0.25, 0.3) is 0 Å². The summed E-state index contributed by atoms with van der Waals surface area (Å²) in [4.78, 5) is 23.8. The van der Waals surface area contributed by atoms with Gasteiger partial charge in [-0.25, -0.2) is 0 Å². The molecule has 0 amide bonds. The number of ether oxygens (including phenoxy) is 2. The third kappa shape index (κ3) is 4.02. The molecule has 0 aromatic heterocycles. The average Bonchev–Trinajstić information content (AvgIpc) is 2.54. The second kappa shape index (κ2) is 7.68. The Bertz CT molecular complexity index is 732. The summed E-state index contributed by atoms with van der Waals surface area (Å²) >= 11 is 12.0. The summed E-state index contributed by atoms with van der Waals surface area (Å²) in [5.74, 6) is -1.01. The fraction of sp³-hybridized carbons (Fsp3) is 0.300. The number of hydrogen-bond acceptors (Lipinski definition) is 4. The maximum Gasteiger partial charge on any atom is 0.303 e. The van der Waals surface area contributed by atoms with Gasteiger partial charge in [-0.3, -0.25) is 9.59 Å². The smallest absolute Gasteiger partial charge is 0.303 e. The van der Waals surface area contributed by atoms with E-state index in [1.165, 1.54) is 13.8 Å². The highest BCUT2D eigenvalue weighted by atomic mass is 35.5. The van der Waals surface area contributed by atoms with E-state index in [0.29, 0.717) is 21.2 Å². The van der Waals surface area contributed by atoms with Crippen LogP contribution in [0, 0.1) is 0 Å². The third-order valence-electron chi connectivity index (χ3n) is 4.40. The van der Waals surface area contributed by atoms with Crippen LogP contribution in [0.1, 0.15) is 38.8 Å². The van der Waals surface area contributed by atoms with Crippen molar-refractivity contribution in [3.05, 3.63) is 69.7 Å². The molecule has 0 bridgehead atoms. The van der Waals surface area contributed by atoms with Crippen molar-refractivity contribution >= 4 is 35.1 Å². The fourth-order valence-corrected chi connectivity index (χ4v) is 3.23. The van der Waals surface area contributed by atoms with Crippen LogP contribution in [0.2, 0.25) is 10.0 Å². The molecule has 0 aliphatic carbocycles. The van der Waals surface area contributed by atoms with Crippen molar-refractivity contribution in [2.24, 2.45) is 0 Å². The van der Waals surface area contributed by atoms with Gasteiger partial charge in [-0.15, -0.1) is 0 Å². The van der Waals surface area contributed by atoms with Gasteiger partial charge in [-0.1, -0.05) is 47.5 Å². The molecule has 2 aromatic rings. The fourth-order valence-electron chi connectivity index (χ4n) is 2.97. The lowest BCUT2D eigenvalue weighted by atomic mass is 9.75. The predicted octanol–water partition coefficient (Wildman–Crippen LogP) is 5.25. The molecule has 0 spiro atoms. The summed E-state index contributed by atoms with van der Waals surface area (Å²) in [5.41, 5.74) is -1.34. The second-order valence-corrected chi connectivity index (χ2v) is 7.14. The molecule has 2 unspecified atom stereocenters. The standard InChI is InChI=1S/C20H20Cl2O4/c1-13(23)25-19(3,15-5-9-17(21)10-6-15)20(4,26-14(2)24)16-7-11-18(22)12-8-16/h5-12H,1-4H3. The molecular weight excluding hydrogens is 375 g/mol. The van der Waals surface area contributed by atoms with Gasteiger partial charge >= 0.3 is 11.9 Å². The Labute approximate surface area is 163 Å². The van der Waals surface area contributed by atoms with Gasteiger partial charge in [0.2, 0.25) is 0 Å². The third-order valence-corrected chi connectivity index (χ3v) is 4.90. The highest BCUT2D eigenvalue weighted by Gasteiger charge is 2.53. The zero-order valence-electron chi connectivity index (χ0n) is 15.0. The second-order valence-electron chi connectivity index (χ2n) is 6.27. The van der Waals surface area contributed by atoms with Crippen LogP contribution in [-0.2, 0) is 30.3 Å². The van der Waals surface area contributed by atoms with Gasteiger partial charge in [0.1, 0.15) is 0 Å². The van der Waals surface area contributed by atoms with Crippen molar-refractivity contribution in [3.63, 3.8) is 0 Å². The van der Waals surface area contributed by atoms with Gasteiger partial charge in [-0.2, -0.15) is 0 Å². The van der Waals surface area contributed by atoms with Crippen molar-refractivity contribution in [3.8, 4) is 0 Å². The van der Waals surface area contributed by atoms with Crippen LogP contribution in [0.4, 0.5) is 0 Å². The quantitative estimate of drug-likeness (QED) is 0.649. The first kappa shape index (κ1) is 20.3. The molecule has 6 heteroatoms. The lowest BCUT2D eigenvalue weighted by Gasteiger charge is -2.45. The summed E-state index contributed by atoms with van der Waals surface area (Å²) < 4.78 is 11.4. The van der Waals surface area contributed by atoms with Gasteiger partial charge in [0.15, 0.2) is 11.2 Å². The van der Waals surface area contributed by atoms with Crippen LogP contribution < -0.4 is 0 Å². The first-order valence-electron chi connectivity index (χ1n) is 8.00. The lowest BCUT2D eigenvalue weighted by Crippen LogP contribution is -2.50. The number of esters is 2. The van der Waals surface area contributed by atoms with Crippen molar-refractivity contribution < 1.29 is 19.1 Å². The van der Waals surface area contributed by atoms with Gasteiger partial charge in [0, 0.05) is 23.9 Å². The van der Waals surface area contributed by atoms with E-state index in [9.17, 15) is 9.59 Å². The number of halogens is 2. The van der Waals surface area contributed by atoms with E-state index in [-0.39, 0.29) is 0 Å². The molecule has 0 N–H and O–H groups in total. The molecule has 0 heterocycles. The Balaban J connectivity index is 2.72. The number of carbonyl (C=O) groups excluding carboxylic acids is 2. The first-order chi connectivity index (χ1) is 12.1. The van der Waals surface area contributed by atoms with E-state index < -0.39 is 23.1 Å². The molecule has 2 aromatic carbocycles. The van der Waals surface area contributed by atoms with E-state index >= 15 is 0 Å². The number of hydrogen-bond donors (Lipinski definition) is 0. The molecule has 0 saturated heterocycles. The molecule has 0 saturated carbocycles. The van der Waals surface area contributed by atoms with Gasteiger partial charge in [0.25, 0.3) is 0 Å². The van der Waals surface area contributed by atoms with Crippen molar-refractivity contribution in [2.45, 2.75) is 38.9 Å². The summed E-state index contributed by atoms with van der Waals surface area (Å²) in [6.45, 7) is 6.03. The van der Waals surface area contributed by atoms with E-state index in [1.54, 1.807) is 62.4 Å². The van der Waals surface area contributed by atoms with E-state index in [2.05, 4.69) is 0 Å². The van der Waals surface area contributed by atoms with Gasteiger partial charge in [-0.05, 0) is 49.2 Å². The average molecular weight is 395 g/mol. The zero-order valence-corrected chi connectivity index (χ0v) is 16.5. The molecule has 0 radical (unpaired) electrons. The maximum atomic E-state index is 11.9. The summed E-state index contributed by atoms with van der Waals surface area (Å²) in [7, 11) is 0. The molecule has 2 atom stereocenters. The molecular formula is C20H20Cl2O4. The normalized spacial score (nSPS) is 15.5. The van der Waals surface area contributed by atoms with E-state index in [0.717, 1.165) is 0 Å². The lowest BCUT2D eigenvalue weighted by molar-refractivity contribution is -0.211. The first-order valence-corrected chi connectivity index (χ1v) is 8.75. The minimum Gasteiger partial charge on any atom is -0.450 e. The molecule has 4 nitrogen and oxygen atoms in total. The summed E-state index contributed by atoms with van der Waals surface area (Å²) in [6, 6.07) is 13.7. The Morgan fingerprint density at radius 3 is 1.19 bits per heavy atom. The molecule has 26 heavy (non-hydrogen) atoms. The predicted molar refractivity (Wildman–Crippen MR) is 101 cm³/mol. The minimum atomic E-state index is -1.30. The number of benzene rings is 2. The maximum absolute atomic E-state index is 11.9. The van der Waals surface area contributed by atoms with Crippen molar-refractivity contribution in [1.82, 2.24) is 0 Å². The van der Waals surface area contributed by atoms with Gasteiger partial charge < -0.3 is 9.47 Å². The van der Waals surface area contributed by atoms with Crippen LogP contribution in [0.5, 0.6) is 0 Å². The van der Waals surface area contributed by atoms with Crippen molar-refractivity contribution in [2.75, 3.05) is 0 Å². The van der Waals surface area contributed by atoms with Crippen LogP contribution >= 0.6 is 23.2 Å². The van der Waals surface area contributed by atoms with Gasteiger partial charge in [0.05, 0.1) is 0 Å². The molecule has 138 valence electrons. The number of carbonyl (C=O) groups is 2. The highest BCUT2D eigenvalue weighted by molar-refractivity contribution is 6.30. The van der Waals surface area contributed by atoms with Crippen LogP contribution in [-0.4, -0.2) is 11.9 Å². The molecule has 2 rings (SSSR count).